The van der Waals surface area contributed by atoms with E-state index in [2.05, 4.69) is 29.8 Å². The third-order valence-corrected chi connectivity index (χ3v) is 3.67. The second-order valence-corrected chi connectivity index (χ2v) is 4.63. The Balaban J connectivity index is 2.07. The van der Waals surface area contributed by atoms with Crippen LogP contribution in [0, 0.1) is 5.92 Å². The smallest absolute Gasteiger partial charge is 0.0579 e. The topological polar surface area (TPSA) is 9.23 Å². The second kappa shape index (κ2) is 5.23. The SMILES string of the molecule is CC(CBr)CCC1CCC(C)O1. The molecule has 0 N–H and O–H groups in total. The van der Waals surface area contributed by atoms with Crippen LogP contribution in [0.25, 0.3) is 0 Å². The third kappa shape index (κ3) is 3.44. The van der Waals surface area contributed by atoms with Crippen LogP contribution in [0.1, 0.15) is 39.5 Å². The van der Waals surface area contributed by atoms with Gasteiger partial charge in [-0.3, -0.25) is 0 Å². The normalized spacial score (nSPS) is 32.2. The summed E-state index contributed by atoms with van der Waals surface area (Å²) < 4.78 is 5.74. The molecule has 1 aliphatic rings. The molecule has 1 fully saturated rings. The lowest BCUT2D eigenvalue weighted by molar-refractivity contribution is 0.0480. The molecule has 1 heterocycles. The highest BCUT2D eigenvalue weighted by atomic mass is 79.9. The fourth-order valence-corrected chi connectivity index (χ4v) is 1.97. The molecule has 0 bridgehead atoms. The van der Waals surface area contributed by atoms with E-state index in [1.165, 1.54) is 25.7 Å². The maximum atomic E-state index is 5.74. The van der Waals surface area contributed by atoms with Crippen molar-refractivity contribution >= 4 is 15.9 Å². The summed E-state index contributed by atoms with van der Waals surface area (Å²) in [4.78, 5) is 0. The van der Waals surface area contributed by atoms with Gasteiger partial charge in [-0.2, -0.15) is 0 Å². The lowest BCUT2D eigenvalue weighted by Gasteiger charge is -2.13. The molecule has 12 heavy (non-hydrogen) atoms. The minimum absolute atomic E-state index is 0.509. The van der Waals surface area contributed by atoms with Crippen LogP contribution in [0.5, 0.6) is 0 Å². The molecule has 0 amide bonds. The van der Waals surface area contributed by atoms with E-state index in [4.69, 9.17) is 4.74 Å². The summed E-state index contributed by atoms with van der Waals surface area (Å²) in [6, 6.07) is 0. The van der Waals surface area contributed by atoms with Gasteiger partial charge in [0.05, 0.1) is 12.2 Å². The van der Waals surface area contributed by atoms with Crippen LogP contribution >= 0.6 is 15.9 Å². The van der Waals surface area contributed by atoms with Crippen LogP contribution in [-0.2, 0) is 4.74 Å². The van der Waals surface area contributed by atoms with Crippen LogP contribution in [-0.4, -0.2) is 17.5 Å². The Morgan fingerprint density at radius 3 is 2.75 bits per heavy atom. The fourth-order valence-electron chi connectivity index (χ4n) is 1.65. The molecular formula is C10H19BrO. The summed E-state index contributed by atoms with van der Waals surface area (Å²) in [5.74, 6) is 0.796. The van der Waals surface area contributed by atoms with E-state index in [0.29, 0.717) is 12.2 Å². The minimum atomic E-state index is 0.509. The van der Waals surface area contributed by atoms with Gasteiger partial charge in [-0.05, 0) is 38.5 Å². The van der Waals surface area contributed by atoms with E-state index in [1.54, 1.807) is 0 Å². The van der Waals surface area contributed by atoms with Gasteiger partial charge in [0, 0.05) is 5.33 Å². The van der Waals surface area contributed by atoms with E-state index in [-0.39, 0.29) is 0 Å². The van der Waals surface area contributed by atoms with Gasteiger partial charge in [0.2, 0.25) is 0 Å². The summed E-state index contributed by atoms with van der Waals surface area (Å²) in [6.07, 6.45) is 6.14. The molecule has 0 aromatic rings. The second-order valence-electron chi connectivity index (χ2n) is 3.98. The Hall–Kier alpha value is 0.440. The van der Waals surface area contributed by atoms with Crippen molar-refractivity contribution in [1.29, 1.82) is 0 Å². The van der Waals surface area contributed by atoms with Crippen molar-refractivity contribution in [2.24, 2.45) is 5.92 Å². The molecule has 3 unspecified atom stereocenters. The molecule has 0 aromatic heterocycles. The molecule has 1 nitrogen and oxygen atoms in total. The van der Waals surface area contributed by atoms with Crippen molar-refractivity contribution in [3.8, 4) is 0 Å². The molecule has 0 radical (unpaired) electrons. The Labute approximate surface area is 84.0 Å². The summed E-state index contributed by atoms with van der Waals surface area (Å²) in [7, 11) is 0. The van der Waals surface area contributed by atoms with Crippen LogP contribution in [0.2, 0.25) is 0 Å². The molecule has 1 saturated heterocycles. The van der Waals surface area contributed by atoms with Gasteiger partial charge < -0.3 is 4.74 Å². The molecule has 1 aliphatic heterocycles. The monoisotopic (exact) mass is 234 g/mol. The third-order valence-electron chi connectivity index (χ3n) is 2.56. The van der Waals surface area contributed by atoms with Gasteiger partial charge in [0.15, 0.2) is 0 Å². The lowest BCUT2D eigenvalue weighted by atomic mass is 10.0. The molecular weight excluding hydrogens is 216 g/mol. The summed E-state index contributed by atoms with van der Waals surface area (Å²) in [5, 5.41) is 1.12. The number of rotatable bonds is 4. The number of hydrogen-bond acceptors (Lipinski definition) is 1. The zero-order valence-corrected chi connectivity index (χ0v) is 9.64. The van der Waals surface area contributed by atoms with E-state index >= 15 is 0 Å². The van der Waals surface area contributed by atoms with Crippen molar-refractivity contribution in [2.45, 2.75) is 51.7 Å². The first-order chi connectivity index (χ1) is 5.72. The highest BCUT2D eigenvalue weighted by molar-refractivity contribution is 9.09. The Kier molecular flexibility index (Phi) is 4.59. The Morgan fingerprint density at radius 2 is 2.25 bits per heavy atom. The molecule has 0 spiro atoms. The fraction of sp³-hybridized carbons (Fsp3) is 1.00. The predicted octanol–water partition coefficient (Wildman–Crippen LogP) is 3.37. The first-order valence-corrected chi connectivity index (χ1v) is 6.06. The Bertz CT molecular complexity index is 127. The minimum Gasteiger partial charge on any atom is -0.375 e. The predicted molar refractivity (Wildman–Crippen MR) is 55.8 cm³/mol. The van der Waals surface area contributed by atoms with Crippen molar-refractivity contribution in [3.63, 3.8) is 0 Å². The van der Waals surface area contributed by atoms with Crippen molar-refractivity contribution < 1.29 is 4.74 Å². The van der Waals surface area contributed by atoms with Crippen molar-refractivity contribution in [3.05, 3.63) is 0 Å². The van der Waals surface area contributed by atoms with Gasteiger partial charge in [0.1, 0.15) is 0 Å². The lowest BCUT2D eigenvalue weighted by Crippen LogP contribution is -2.10. The van der Waals surface area contributed by atoms with Gasteiger partial charge in [-0.1, -0.05) is 22.9 Å². The molecule has 2 heteroatoms. The summed E-state index contributed by atoms with van der Waals surface area (Å²) in [6.45, 7) is 4.46. The van der Waals surface area contributed by atoms with Gasteiger partial charge in [-0.15, -0.1) is 0 Å². The number of ether oxygens (including phenoxy) is 1. The first-order valence-electron chi connectivity index (χ1n) is 4.93. The highest BCUT2D eigenvalue weighted by Gasteiger charge is 2.21. The largest absolute Gasteiger partial charge is 0.375 e. The van der Waals surface area contributed by atoms with Crippen LogP contribution in [0.4, 0.5) is 0 Å². The summed E-state index contributed by atoms with van der Waals surface area (Å²) >= 11 is 3.50. The zero-order chi connectivity index (χ0) is 8.97. The highest BCUT2D eigenvalue weighted by Crippen LogP contribution is 2.24. The number of alkyl halides is 1. The first kappa shape index (κ1) is 10.5. The number of halogens is 1. The maximum absolute atomic E-state index is 5.74. The van der Waals surface area contributed by atoms with Crippen LogP contribution < -0.4 is 0 Å². The van der Waals surface area contributed by atoms with E-state index < -0.39 is 0 Å². The van der Waals surface area contributed by atoms with Crippen LogP contribution in [0.15, 0.2) is 0 Å². The average Bonchev–Trinajstić information content (AvgIpc) is 2.47. The van der Waals surface area contributed by atoms with E-state index in [1.807, 2.05) is 0 Å². The molecule has 3 atom stereocenters. The molecule has 0 saturated carbocycles. The van der Waals surface area contributed by atoms with Crippen LogP contribution in [0.3, 0.4) is 0 Å². The average molecular weight is 235 g/mol. The Morgan fingerprint density at radius 1 is 1.50 bits per heavy atom. The maximum Gasteiger partial charge on any atom is 0.0579 e. The molecule has 1 rings (SSSR count). The molecule has 0 aromatic carbocycles. The molecule has 72 valence electrons. The van der Waals surface area contributed by atoms with Gasteiger partial charge in [0.25, 0.3) is 0 Å². The molecule has 0 aliphatic carbocycles. The van der Waals surface area contributed by atoms with Crippen molar-refractivity contribution in [2.75, 3.05) is 5.33 Å². The van der Waals surface area contributed by atoms with E-state index in [0.717, 1.165) is 11.2 Å². The van der Waals surface area contributed by atoms with Crippen molar-refractivity contribution in [1.82, 2.24) is 0 Å². The zero-order valence-electron chi connectivity index (χ0n) is 8.05. The van der Waals surface area contributed by atoms with Gasteiger partial charge in [-0.25, -0.2) is 0 Å². The standard InChI is InChI=1S/C10H19BrO/c1-8(7-11)3-5-10-6-4-9(2)12-10/h8-10H,3-7H2,1-2H3. The van der Waals surface area contributed by atoms with E-state index in [9.17, 15) is 0 Å². The number of hydrogen-bond donors (Lipinski definition) is 0. The van der Waals surface area contributed by atoms with Gasteiger partial charge >= 0.3 is 0 Å². The quantitative estimate of drug-likeness (QED) is 0.679. The summed E-state index contributed by atoms with van der Waals surface area (Å²) in [5.41, 5.74) is 0.